The Bertz CT molecular complexity index is 321. The van der Waals surface area contributed by atoms with Gasteiger partial charge in [0.15, 0.2) is 0 Å². The lowest BCUT2D eigenvalue weighted by Crippen LogP contribution is -2.31. The van der Waals surface area contributed by atoms with Gasteiger partial charge in [-0.2, -0.15) is 11.8 Å². The number of benzene rings is 1. The summed E-state index contributed by atoms with van der Waals surface area (Å²) in [5.41, 5.74) is 0.436. The zero-order valence-electron chi connectivity index (χ0n) is 7.87. The minimum Gasteiger partial charge on any atom is -0.384 e. The molecule has 0 aliphatic carbocycles. The molecule has 0 spiro atoms. The fourth-order valence-electron chi connectivity index (χ4n) is 1.79. The minimum atomic E-state index is -0.604. The molecule has 76 valence electrons. The predicted molar refractivity (Wildman–Crippen MR) is 64.6 cm³/mol. The van der Waals surface area contributed by atoms with Gasteiger partial charge in [0.1, 0.15) is 0 Å². The molecule has 1 fully saturated rings. The Balaban J connectivity index is 2.28. The normalized spacial score (nSPS) is 27.6. The van der Waals surface area contributed by atoms with Crippen LogP contribution in [0.25, 0.3) is 0 Å². The summed E-state index contributed by atoms with van der Waals surface area (Å²) >= 11 is 5.27. The molecule has 0 radical (unpaired) electrons. The van der Waals surface area contributed by atoms with Crippen LogP contribution < -0.4 is 0 Å². The zero-order valence-corrected chi connectivity index (χ0v) is 10.3. The number of hydrogen-bond acceptors (Lipinski definition) is 2. The van der Waals surface area contributed by atoms with E-state index in [9.17, 15) is 5.11 Å². The third kappa shape index (κ3) is 2.15. The van der Waals surface area contributed by atoms with Crippen LogP contribution >= 0.6 is 27.7 Å². The van der Waals surface area contributed by atoms with Gasteiger partial charge in [0, 0.05) is 10.2 Å². The molecule has 0 aromatic heterocycles. The Morgan fingerprint density at radius 2 is 2.29 bits per heavy atom. The van der Waals surface area contributed by atoms with Gasteiger partial charge in [-0.1, -0.05) is 28.1 Å². The standard InChI is InChI=1S/C11H13BrOS/c12-10-4-1-3-9(7-10)11(13)5-2-6-14-8-11/h1,3-4,7,13H,2,5-6,8H2. The van der Waals surface area contributed by atoms with E-state index in [-0.39, 0.29) is 0 Å². The predicted octanol–water partition coefficient (Wildman–Crippen LogP) is 3.16. The quantitative estimate of drug-likeness (QED) is 0.848. The van der Waals surface area contributed by atoms with E-state index in [4.69, 9.17) is 0 Å². The molecular weight excluding hydrogens is 260 g/mol. The molecule has 0 bridgehead atoms. The lowest BCUT2D eigenvalue weighted by atomic mass is 9.91. The van der Waals surface area contributed by atoms with Gasteiger partial charge in [0.2, 0.25) is 0 Å². The third-order valence-electron chi connectivity index (χ3n) is 2.58. The number of thioether (sulfide) groups is 1. The third-order valence-corrected chi connectivity index (χ3v) is 4.33. The van der Waals surface area contributed by atoms with Crippen LogP contribution in [0.3, 0.4) is 0 Å². The highest BCUT2D eigenvalue weighted by atomic mass is 79.9. The van der Waals surface area contributed by atoms with Crippen molar-refractivity contribution in [3.8, 4) is 0 Å². The summed E-state index contributed by atoms with van der Waals surface area (Å²) in [7, 11) is 0. The van der Waals surface area contributed by atoms with Gasteiger partial charge < -0.3 is 5.11 Å². The molecule has 0 saturated carbocycles. The van der Waals surface area contributed by atoms with Crippen molar-refractivity contribution in [3.63, 3.8) is 0 Å². The number of aliphatic hydroxyl groups is 1. The van der Waals surface area contributed by atoms with Crippen LogP contribution in [0.5, 0.6) is 0 Å². The van der Waals surface area contributed by atoms with Crippen LogP contribution in [0, 0.1) is 0 Å². The lowest BCUT2D eigenvalue weighted by Gasteiger charge is -2.32. The van der Waals surface area contributed by atoms with Crippen LogP contribution in [0.1, 0.15) is 18.4 Å². The van der Waals surface area contributed by atoms with Crippen molar-refractivity contribution in [2.24, 2.45) is 0 Å². The summed E-state index contributed by atoms with van der Waals surface area (Å²) in [6.45, 7) is 0. The second-order valence-corrected chi connectivity index (χ2v) is 5.72. The van der Waals surface area contributed by atoms with Crippen molar-refractivity contribution < 1.29 is 5.11 Å². The molecule has 0 amide bonds. The van der Waals surface area contributed by atoms with Gasteiger partial charge in [-0.25, -0.2) is 0 Å². The number of hydrogen-bond donors (Lipinski definition) is 1. The van der Waals surface area contributed by atoms with Crippen molar-refractivity contribution in [2.45, 2.75) is 18.4 Å². The molecule has 1 aliphatic rings. The van der Waals surface area contributed by atoms with Crippen LogP contribution in [0.15, 0.2) is 28.7 Å². The number of rotatable bonds is 1. The highest BCUT2D eigenvalue weighted by Crippen LogP contribution is 2.35. The van der Waals surface area contributed by atoms with E-state index in [2.05, 4.69) is 15.9 Å². The number of halogens is 1. The van der Waals surface area contributed by atoms with Crippen LogP contribution in [-0.2, 0) is 5.60 Å². The Morgan fingerprint density at radius 1 is 1.43 bits per heavy atom. The van der Waals surface area contributed by atoms with Crippen molar-refractivity contribution in [1.82, 2.24) is 0 Å². The highest BCUT2D eigenvalue weighted by molar-refractivity contribution is 9.10. The summed E-state index contributed by atoms with van der Waals surface area (Å²) in [6, 6.07) is 8.00. The molecular formula is C11H13BrOS. The smallest absolute Gasteiger partial charge is 0.0987 e. The first kappa shape index (κ1) is 10.5. The fourth-order valence-corrected chi connectivity index (χ4v) is 3.33. The average molecular weight is 273 g/mol. The maximum absolute atomic E-state index is 10.4. The summed E-state index contributed by atoms with van der Waals surface area (Å²) in [5, 5.41) is 10.4. The molecule has 1 heterocycles. The van der Waals surface area contributed by atoms with Crippen LogP contribution in [0.2, 0.25) is 0 Å². The SMILES string of the molecule is OC1(c2cccc(Br)c2)CCCSC1. The van der Waals surface area contributed by atoms with Gasteiger partial charge in [-0.05, 0) is 36.3 Å². The van der Waals surface area contributed by atoms with Gasteiger partial charge in [0.25, 0.3) is 0 Å². The second kappa shape index (κ2) is 4.25. The molecule has 1 N–H and O–H groups in total. The molecule has 1 aliphatic heterocycles. The maximum atomic E-state index is 10.4. The summed E-state index contributed by atoms with van der Waals surface area (Å²) in [5.74, 6) is 2.00. The Morgan fingerprint density at radius 3 is 2.93 bits per heavy atom. The lowest BCUT2D eigenvalue weighted by molar-refractivity contribution is 0.0495. The van der Waals surface area contributed by atoms with E-state index in [0.717, 1.165) is 28.6 Å². The monoisotopic (exact) mass is 272 g/mol. The molecule has 2 rings (SSSR count). The van der Waals surface area contributed by atoms with Crippen molar-refractivity contribution in [2.75, 3.05) is 11.5 Å². The van der Waals surface area contributed by atoms with Crippen molar-refractivity contribution in [1.29, 1.82) is 0 Å². The molecule has 1 nitrogen and oxygen atoms in total. The largest absolute Gasteiger partial charge is 0.384 e. The van der Waals surface area contributed by atoms with E-state index in [1.165, 1.54) is 5.75 Å². The zero-order chi connectivity index (χ0) is 10.0. The van der Waals surface area contributed by atoms with Crippen LogP contribution in [-0.4, -0.2) is 16.6 Å². The Kier molecular flexibility index (Phi) is 3.20. The van der Waals surface area contributed by atoms with Gasteiger partial charge in [-0.15, -0.1) is 0 Å². The van der Waals surface area contributed by atoms with E-state index in [1.54, 1.807) is 0 Å². The first-order valence-electron chi connectivity index (χ1n) is 4.77. The molecule has 1 atom stereocenters. The molecule has 14 heavy (non-hydrogen) atoms. The van der Waals surface area contributed by atoms with Gasteiger partial charge >= 0.3 is 0 Å². The van der Waals surface area contributed by atoms with E-state index in [1.807, 2.05) is 36.0 Å². The highest BCUT2D eigenvalue weighted by Gasteiger charge is 2.31. The first-order valence-corrected chi connectivity index (χ1v) is 6.72. The van der Waals surface area contributed by atoms with E-state index >= 15 is 0 Å². The Hall–Kier alpha value is 0.01000. The molecule has 1 saturated heterocycles. The summed E-state index contributed by atoms with van der Waals surface area (Å²) in [6.07, 6.45) is 1.99. The summed E-state index contributed by atoms with van der Waals surface area (Å²) < 4.78 is 1.04. The summed E-state index contributed by atoms with van der Waals surface area (Å²) in [4.78, 5) is 0. The first-order chi connectivity index (χ1) is 6.71. The molecule has 3 heteroatoms. The van der Waals surface area contributed by atoms with E-state index < -0.39 is 5.60 Å². The van der Waals surface area contributed by atoms with Crippen molar-refractivity contribution >= 4 is 27.7 Å². The Labute approximate surface area is 97.0 Å². The fraction of sp³-hybridized carbons (Fsp3) is 0.455. The molecule has 1 aromatic carbocycles. The van der Waals surface area contributed by atoms with E-state index in [0.29, 0.717) is 0 Å². The molecule has 1 unspecified atom stereocenters. The maximum Gasteiger partial charge on any atom is 0.0987 e. The minimum absolute atomic E-state index is 0.604. The average Bonchev–Trinajstić information content (AvgIpc) is 2.19. The van der Waals surface area contributed by atoms with Gasteiger partial charge in [-0.3, -0.25) is 0 Å². The van der Waals surface area contributed by atoms with Crippen LogP contribution in [0.4, 0.5) is 0 Å². The van der Waals surface area contributed by atoms with Gasteiger partial charge in [0.05, 0.1) is 5.60 Å². The second-order valence-electron chi connectivity index (χ2n) is 3.70. The molecule has 1 aromatic rings. The topological polar surface area (TPSA) is 20.2 Å². The van der Waals surface area contributed by atoms with Crippen molar-refractivity contribution in [3.05, 3.63) is 34.3 Å².